The second kappa shape index (κ2) is 3.67. The Labute approximate surface area is 121 Å². The number of nitrogens with zero attached hydrogens (tertiary/aromatic N) is 3. The molecule has 102 valence electrons. The zero-order valence-corrected chi connectivity index (χ0v) is 11.6. The van der Waals surface area contributed by atoms with Gasteiger partial charge in [0.25, 0.3) is 0 Å². The topological polar surface area (TPSA) is 31.5 Å². The van der Waals surface area contributed by atoms with Crippen molar-refractivity contribution >= 4 is 16.7 Å². The van der Waals surface area contributed by atoms with Gasteiger partial charge in [0.05, 0.1) is 5.69 Å². The molecular formula is C17H13N3O. The van der Waals surface area contributed by atoms with Crippen LogP contribution in [0.15, 0.2) is 48.7 Å². The molecule has 0 bridgehead atoms. The van der Waals surface area contributed by atoms with E-state index in [1.54, 1.807) is 0 Å². The van der Waals surface area contributed by atoms with Gasteiger partial charge in [0.1, 0.15) is 17.0 Å². The van der Waals surface area contributed by atoms with Crippen molar-refractivity contribution in [2.24, 2.45) is 7.05 Å². The molecule has 0 unspecified atom stereocenters. The number of benzene rings is 1. The molecule has 4 heteroatoms. The largest absolute Gasteiger partial charge is 0.437 e. The van der Waals surface area contributed by atoms with Crippen LogP contribution in [0.3, 0.4) is 0 Å². The van der Waals surface area contributed by atoms with E-state index < -0.39 is 0 Å². The highest BCUT2D eigenvalue weighted by Crippen LogP contribution is 2.37. The Kier molecular flexibility index (Phi) is 1.91. The first kappa shape index (κ1) is 11.0. The van der Waals surface area contributed by atoms with Crippen molar-refractivity contribution < 1.29 is 4.74 Å². The van der Waals surface area contributed by atoms with E-state index in [1.807, 2.05) is 12.1 Å². The normalized spacial score (nSPS) is 13.2. The standard InChI is InChI=1S/C17H13N3O/c1-19-9-8-11-6-7-15-18-16-13(20(15)17(11)19)10-12-4-2-3-5-14(12)21-16/h2-9H,10H2,1H3. The zero-order chi connectivity index (χ0) is 14.0. The van der Waals surface area contributed by atoms with E-state index in [2.05, 4.69) is 57.5 Å². The average Bonchev–Trinajstić information content (AvgIpc) is 3.05. The summed E-state index contributed by atoms with van der Waals surface area (Å²) in [6.07, 6.45) is 2.92. The van der Waals surface area contributed by atoms with Gasteiger partial charge in [0, 0.05) is 30.6 Å². The van der Waals surface area contributed by atoms with Gasteiger partial charge in [-0.3, -0.25) is 4.40 Å². The van der Waals surface area contributed by atoms with Crippen molar-refractivity contribution in [1.29, 1.82) is 0 Å². The SMILES string of the molecule is Cn1ccc2ccc3nc4c(n3c21)Cc1ccccc1O4. The summed E-state index contributed by atoms with van der Waals surface area (Å²) in [7, 11) is 2.06. The van der Waals surface area contributed by atoms with Crippen LogP contribution in [0.2, 0.25) is 0 Å². The first-order chi connectivity index (χ1) is 10.3. The lowest BCUT2D eigenvalue weighted by Crippen LogP contribution is -2.05. The number of para-hydroxylation sites is 1. The highest BCUT2D eigenvalue weighted by Gasteiger charge is 2.23. The van der Waals surface area contributed by atoms with Crippen LogP contribution in [0.5, 0.6) is 11.6 Å². The molecule has 0 radical (unpaired) electrons. The summed E-state index contributed by atoms with van der Waals surface area (Å²) in [5, 5.41) is 1.21. The lowest BCUT2D eigenvalue weighted by Gasteiger charge is -2.16. The molecule has 1 aromatic carbocycles. The molecule has 1 aliphatic heterocycles. The number of aromatic nitrogens is 3. The van der Waals surface area contributed by atoms with Crippen LogP contribution in [-0.2, 0) is 13.5 Å². The third-order valence-electron chi connectivity index (χ3n) is 4.19. The van der Waals surface area contributed by atoms with Crippen LogP contribution < -0.4 is 4.74 Å². The molecule has 0 N–H and O–H groups in total. The summed E-state index contributed by atoms with van der Waals surface area (Å²) < 4.78 is 10.3. The smallest absolute Gasteiger partial charge is 0.241 e. The fraction of sp³-hybridized carbons (Fsp3) is 0.118. The number of hydrogen-bond donors (Lipinski definition) is 0. The van der Waals surface area contributed by atoms with Crippen LogP contribution >= 0.6 is 0 Å². The second-order valence-corrected chi connectivity index (χ2v) is 5.48. The van der Waals surface area contributed by atoms with Crippen molar-refractivity contribution in [1.82, 2.24) is 14.0 Å². The minimum Gasteiger partial charge on any atom is -0.437 e. The first-order valence-electron chi connectivity index (χ1n) is 7.02. The lowest BCUT2D eigenvalue weighted by molar-refractivity contribution is 0.443. The molecular weight excluding hydrogens is 262 g/mol. The third kappa shape index (κ3) is 1.36. The van der Waals surface area contributed by atoms with Crippen molar-refractivity contribution in [3.63, 3.8) is 0 Å². The van der Waals surface area contributed by atoms with Gasteiger partial charge in [0.15, 0.2) is 0 Å². The Morgan fingerprint density at radius 3 is 2.95 bits per heavy atom. The molecule has 4 nitrogen and oxygen atoms in total. The molecule has 4 heterocycles. The van der Waals surface area contributed by atoms with Crippen molar-refractivity contribution in [3.05, 3.63) is 59.9 Å². The Hall–Kier alpha value is -2.75. The van der Waals surface area contributed by atoms with Crippen LogP contribution in [-0.4, -0.2) is 14.0 Å². The van der Waals surface area contributed by atoms with E-state index >= 15 is 0 Å². The van der Waals surface area contributed by atoms with Crippen LogP contribution in [0, 0.1) is 0 Å². The van der Waals surface area contributed by atoms with E-state index in [0.29, 0.717) is 0 Å². The van der Waals surface area contributed by atoms with E-state index in [0.717, 1.165) is 35.0 Å². The predicted molar refractivity (Wildman–Crippen MR) is 81.0 cm³/mol. The van der Waals surface area contributed by atoms with Crippen molar-refractivity contribution in [2.45, 2.75) is 6.42 Å². The summed E-state index contributed by atoms with van der Waals surface area (Å²) in [5.41, 5.74) is 4.42. The molecule has 0 saturated heterocycles. The number of rotatable bonds is 0. The van der Waals surface area contributed by atoms with Gasteiger partial charge in [-0.1, -0.05) is 18.2 Å². The molecule has 0 atom stereocenters. The van der Waals surface area contributed by atoms with Gasteiger partial charge >= 0.3 is 0 Å². The van der Waals surface area contributed by atoms with E-state index in [9.17, 15) is 0 Å². The lowest BCUT2D eigenvalue weighted by atomic mass is 10.1. The molecule has 3 aromatic heterocycles. The summed E-state index contributed by atoms with van der Waals surface area (Å²) >= 11 is 0. The molecule has 0 fully saturated rings. The third-order valence-corrected chi connectivity index (χ3v) is 4.19. The summed E-state index contributed by atoms with van der Waals surface area (Å²) in [4.78, 5) is 4.65. The molecule has 0 aliphatic carbocycles. The van der Waals surface area contributed by atoms with Crippen LogP contribution in [0.25, 0.3) is 16.7 Å². The highest BCUT2D eigenvalue weighted by atomic mass is 16.5. The van der Waals surface area contributed by atoms with Crippen LogP contribution in [0.4, 0.5) is 0 Å². The highest BCUT2D eigenvalue weighted by molar-refractivity contribution is 5.81. The minimum atomic E-state index is 0.724. The van der Waals surface area contributed by atoms with E-state index in [1.165, 1.54) is 10.9 Å². The van der Waals surface area contributed by atoms with Gasteiger partial charge in [-0.25, -0.2) is 0 Å². The Balaban J connectivity index is 1.88. The van der Waals surface area contributed by atoms with Gasteiger partial charge in [-0.2, -0.15) is 4.98 Å². The van der Waals surface area contributed by atoms with Gasteiger partial charge in [-0.05, 0) is 24.3 Å². The fourth-order valence-electron chi connectivity index (χ4n) is 3.19. The summed E-state index contributed by atoms with van der Waals surface area (Å²) in [6.45, 7) is 0. The number of hydrogen-bond acceptors (Lipinski definition) is 2. The molecule has 21 heavy (non-hydrogen) atoms. The predicted octanol–water partition coefficient (Wildman–Crippen LogP) is 3.52. The number of pyridine rings is 1. The van der Waals surface area contributed by atoms with E-state index in [-0.39, 0.29) is 0 Å². The zero-order valence-electron chi connectivity index (χ0n) is 11.6. The van der Waals surface area contributed by atoms with Gasteiger partial charge in [-0.15, -0.1) is 0 Å². The monoisotopic (exact) mass is 275 g/mol. The number of ether oxygens (including phenoxy) is 1. The number of imidazole rings is 1. The van der Waals surface area contributed by atoms with Crippen molar-refractivity contribution in [2.75, 3.05) is 0 Å². The maximum absolute atomic E-state index is 5.99. The first-order valence-corrected chi connectivity index (χ1v) is 7.02. The Morgan fingerprint density at radius 2 is 2.00 bits per heavy atom. The second-order valence-electron chi connectivity index (χ2n) is 5.48. The fourth-order valence-corrected chi connectivity index (χ4v) is 3.19. The summed E-state index contributed by atoms with van der Waals surface area (Å²) in [6, 6.07) is 14.4. The van der Waals surface area contributed by atoms with Gasteiger partial charge in [0.2, 0.25) is 5.88 Å². The molecule has 0 amide bonds. The van der Waals surface area contributed by atoms with Crippen molar-refractivity contribution in [3.8, 4) is 11.6 Å². The quantitative estimate of drug-likeness (QED) is 0.433. The molecule has 4 aromatic rings. The van der Waals surface area contributed by atoms with E-state index in [4.69, 9.17) is 4.74 Å². The average molecular weight is 275 g/mol. The minimum absolute atomic E-state index is 0.724. The maximum Gasteiger partial charge on any atom is 0.241 e. The Bertz CT molecular complexity index is 1010. The molecule has 1 aliphatic rings. The number of aryl methyl sites for hydroxylation is 1. The molecule has 0 saturated carbocycles. The molecule has 0 spiro atoms. The van der Waals surface area contributed by atoms with Crippen LogP contribution in [0.1, 0.15) is 11.3 Å². The van der Waals surface area contributed by atoms with Gasteiger partial charge < -0.3 is 9.30 Å². The summed E-state index contributed by atoms with van der Waals surface area (Å²) in [5.74, 6) is 1.64. The number of fused-ring (bicyclic) bond motifs is 6. The maximum atomic E-state index is 5.99. The molecule has 5 rings (SSSR count). The Morgan fingerprint density at radius 1 is 1.10 bits per heavy atom.